The molecule has 5 nitrogen and oxygen atoms in total. The van der Waals surface area contributed by atoms with Gasteiger partial charge in [-0.2, -0.15) is 5.06 Å². The van der Waals surface area contributed by atoms with Gasteiger partial charge in [0.05, 0.1) is 0 Å². The molecule has 0 saturated heterocycles. The average Bonchev–Trinajstić information content (AvgIpc) is 1.84. The lowest BCUT2D eigenvalue weighted by molar-refractivity contribution is -0.224. The third-order valence-electron chi connectivity index (χ3n) is 1.00. The van der Waals surface area contributed by atoms with Crippen LogP contribution in [0.15, 0.2) is 0 Å². The quantitative estimate of drug-likeness (QED) is 0.372. The first kappa shape index (κ1) is 9.35. The summed E-state index contributed by atoms with van der Waals surface area (Å²) in [5, 5.41) is 25.9. The summed E-state index contributed by atoms with van der Waals surface area (Å²) in [6.45, 7) is 3.12. The summed E-state index contributed by atoms with van der Waals surface area (Å²) in [5.41, 5.74) is 0. The minimum Gasteiger partial charge on any atom is -0.478 e. The van der Waals surface area contributed by atoms with Crippen LogP contribution >= 0.6 is 0 Å². The van der Waals surface area contributed by atoms with E-state index in [1.54, 1.807) is 13.8 Å². The highest BCUT2D eigenvalue weighted by molar-refractivity contribution is 5.71. The molecular formula is C5H11NO4. The lowest BCUT2D eigenvalue weighted by Gasteiger charge is -2.20. The number of hydrogen-bond acceptors (Lipinski definition) is 4. The Bertz CT molecular complexity index is 125. The van der Waals surface area contributed by atoms with Crippen molar-refractivity contribution in [1.29, 1.82) is 0 Å². The second kappa shape index (κ2) is 3.50. The lowest BCUT2D eigenvalue weighted by atomic mass is 10.3. The first-order valence-corrected chi connectivity index (χ1v) is 2.85. The Balaban J connectivity index is 3.94. The summed E-state index contributed by atoms with van der Waals surface area (Å²) in [5.74, 6) is -1.46. The largest absolute Gasteiger partial charge is 0.478 e. The zero-order valence-electron chi connectivity index (χ0n) is 5.85. The maximum atomic E-state index is 9.99. The van der Waals surface area contributed by atoms with E-state index in [0.29, 0.717) is 5.06 Å². The number of nitrogens with zero attached hydrogens (tertiary/aromatic N) is 1. The molecule has 0 bridgehead atoms. The number of carboxylic acids is 1. The molecule has 0 unspecified atom stereocenters. The van der Waals surface area contributed by atoms with Crippen LogP contribution in [-0.4, -0.2) is 38.7 Å². The predicted molar refractivity (Wildman–Crippen MR) is 32.4 cm³/mol. The van der Waals surface area contributed by atoms with Gasteiger partial charge < -0.3 is 15.4 Å². The minimum absolute atomic E-state index is 0.363. The van der Waals surface area contributed by atoms with Gasteiger partial charge in [-0.05, 0) is 13.8 Å². The van der Waals surface area contributed by atoms with Crippen molar-refractivity contribution in [1.82, 2.24) is 5.06 Å². The van der Waals surface area contributed by atoms with E-state index >= 15 is 0 Å². The van der Waals surface area contributed by atoms with Crippen molar-refractivity contribution < 1.29 is 20.2 Å². The van der Waals surface area contributed by atoms with Gasteiger partial charge in [-0.3, -0.25) is 0 Å². The molecular weight excluding hydrogens is 138 g/mol. The Hall–Kier alpha value is -0.650. The highest BCUT2D eigenvalue weighted by Crippen LogP contribution is 1.97. The Kier molecular flexibility index (Phi) is 3.27. The molecule has 0 fully saturated rings. The van der Waals surface area contributed by atoms with Gasteiger partial charge in [0.25, 0.3) is 0 Å². The number of hydroxylamine groups is 2. The van der Waals surface area contributed by atoms with Crippen molar-refractivity contribution in [2.45, 2.75) is 26.1 Å². The first-order valence-electron chi connectivity index (χ1n) is 2.85. The fourth-order valence-corrected chi connectivity index (χ4v) is 0.396. The van der Waals surface area contributed by atoms with Gasteiger partial charge in [0, 0.05) is 6.04 Å². The molecule has 3 N–H and O–H groups in total. The summed E-state index contributed by atoms with van der Waals surface area (Å²) in [6, 6.07) is -0.411. The van der Waals surface area contributed by atoms with E-state index in [4.69, 9.17) is 15.4 Å². The number of aliphatic hydroxyl groups is 1. The Morgan fingerprint density at radius 3 is 2.00 bits per heavy atom. The molecule has 0 saturated carbocycles. The third kappa shape index (κ3) is 2.30. The van der Waals surface area contributed by atoms with E-state index in [9.17, 15) is 4.79 Å². The lowest BCUT2D eigenvalue weighted by Crippen LogP contribution is -2.42. The smallest absolute Gasteiger partial charge is 0.350 e. The molecule has 60 valence electrons. The van der Waals surface area contributed by atoms with Crippen LogP contribution in [0, 0.1) is 0 Å². The van der Waals surface area contributed by atoms with Crippen LogP contribution in [0.25, 0.3) is 0 Å². The fraction of sp³-hybridized carbons (Fsp3) is 0.800. The molecule has 0 aromatic heterocycles. The summed E-state index contributed by atoms with van der Waals surface area (Å²) in [7, 11) is 0. The van der Waals surface area contributed by atoms with Gasteiger partial charge in [-0.1, -0.05) is 0 Å². The Labute approximate surface area is 58.5 Å². The molecule has 0 aliphatic carbocycles. The molecule has 0 spiro atoms. The minimum atomic E-state index is -1.83. The highest BCUT2D eigenvalue weighted by atomic mass is 16.5. The molecule has 0 amide bonds. The topological polar surface area (TPSA) is 81.0 Å². The number of rotatable bonds is 3. The van der Waals surface area contributed by atoms with Crippen molar-refractivity contribution in [3.05, 3.63) is 0 Å². The van der Waals surface area contributed by atoms with Gasteiger partial charge in [-0.25, -0.2) is 4.79 Å². The van der Waals surface area contributed by atoms with Crippen LogP contribution in [0.2, 0.25) is 0 Å². The second-order valence-corrected chi connectivity index (χ2v) is 2.19. The van der Waals surface area contributed by atoms with Crippen LogP contribution < -0.4 is 0 Å². The van der Waals surface area contributed by atoms with Crippen molar-refractivity contribution in [2.24, 2.45) is 0 Å². The fourth-order valence-electron chi connectivity index (χ4n) is 0.396. The average molecular weight is 149 g/mol. The van der Waals surface area contributed by atoms with Crippen molar-refractivity contribution in [3.8, 4) is 0 Å². The molecule has 0 aromatic carbocycles. The summed E-state index contributed by atoms with van der Waals surface area (Å²) in [6.07, 6.45) is -1.83. The number of hydrogen-bond donors (Lipinski definition) is 3. The SMILES string of the molecule is CC(C)N(O)[C@@H](O)C(=O)O. The van der Waals surface area contributed by atoms with Crippen LogP contribution in [0.4, 0.5) is 0 Å². The molecule has 0 aromatic rings. The van der Waals surface area contributed by atoms with Crippen LogP contribution in [0.1, 0.15) is 13.8 Å². The van der Waals surface area contributed by atoms with E-state index in [1.807, 2.05) is 0 Å². The van der Waals surface area contributed by atoms with Crippen LogP contribution in [0.5, 0.6) is 0 Å². The molecule has 0 radical (unpaired) electrons. The number of aliphatic carboxylic acids is 1. The van der Waals surface area contributed by atoms with Crippen LogP contribution in [-0.2, 0) is 4.79 Å². The number of carboxylic acid groups (broad SMARTS) is 1. The normalized spacial score (nSPS) is 14.2. The summed E-state index contributed by atoms with van der Waals surface area (Å²) in [4.78, 5) is 9.99. The molecule has 0 aliphatic rings. The Morgan fingerprint density at radius 2 is 1.90 bits per heavy atom. The van der Waals surface area contributed by atoms with E-state index in [2.05, 4.69) is 0 Å². The van der Waals surface area contributed by atoms with Crippen molar-refractivity contribution in [3.63, 3.8) is 0 Å². The van der Waals surface area contributed by atoms with E-state index < -0.39 is 18.2 Å². The molecule has 0 rings (SSSR count). The molecule has 0 aliphatic heterocycles. The van der Waals surface area contributed by atoms with Crippen molar-refractivity contribution >= 4 is 5.97 Å². The van der Waals surface area contributed by atoms with E-state index in [0.717, 1.165) is 0 Å². The third-order valence-corrected chi connectivity index (χ3v) is 1.00. The number of carbonyl (C=O) groups is 1. The zero-order chi connectivity index (χ0) is 8.31. The molecule has 10 heavy (non-hydrogen) atoms. The van der Waals surface area contributed by atoms with Gasteiger partial charge in [0.15, 0.2) is 0 Å². The summed E-state index contributed by atoms with van der Waals surface area (Å²) < 4.78 is 0. The van der Waals surface area contributed by atoms with Gasteiger partial charge >= 0.3 is 5.97 Å². The van der Waals surface area contributed by atoms with E-state index in [1.165, 1.54) is 0 Å². The summed E-state index contributed by atoms with van der Waals surface area (Å²) >= 11 is 0. The highest BCUT2D eigenvalue weighted by Gasteiger charge is 2.22. The van der Waals surface area contributed by atoms with Crippen LogP contribution in [0.3, 0.4) is 0 Å². The molecule has 0 heterocycles. The zero-order valence-corrected chi connectivity index (χ0v) is 5.85. The van der Waals surface area contributed by atoms with E-state index in [-0.39, 0.29) is 0 Å². The molecule has 5 heteroatoms. The maximum Gasteiger partial charge on any atom is 0.350 e. The van der Waals surface area contributed by atoms with Gasteiger partial charge in [-0.15, -0.1) is 0 Å². The second-order valence-electron chi connectivity index (χ2n) is 2.19. The number of aliphatic hydroxyl groups excluding tert-OH is 1. The first-order chi connectivity index (χ1) is 4.46. The standard InChI is InChI=1S/C5H11NO4/c1-3(2)6(10)4(7)5(8)9/h3-4,7,10H,1-2H3,(H,8,9)/t4-/m0/s1. The van der Waals surface area contributed by atoms with Gasteiger partial charge in [0.1, 0.15) is 0 Å². The van der Waals surface area contributed by atoms with Crippen molar-refractivity contribution in [2.75, 3.05) is 0 Å². The van der Waals surface area contributed by atoms with Gasteiger partial charge in [0.2, 0.25) is 6.23 Å². The molecule has 1 atom stereocenters. The predicted octanol–water partition coefficient (Wildman–Crippen LogP) is -0.511. The monoisotopic (exact) mass is 149 g/mol. The Morgan fingerprint density at radius 1 is 1.50 bits per heavy atom. The maximum absolute atomic E-state index is 9.99.